The van der Waals surface area contributed by atoms with Gasteiger partial charge >= 0.3 is 0 Å². The minimum absolute atomic E-state index is 0.145. The zero-order valence-electron chi connectivity index (χ0n) is 12.1. The molecule has 1 N–H and O–H groups in total. The van der Waals surface area contributed by atoms with Crippen molar-refractivity contribution in [1.29, 1.82) is 0 Å². The third kappa shape index (κ3) is 3.39. The van der Waals surface area contributed by atoms with Crippen LogP contribution in [0.4, 0.5) is 8.78 Å². The van der Waals surface area contributed by atoms with E-state index in [-0.39, 0.29) is 16.6 Å². The van der Waals surface area contributed by atoms with Gasteiger partial charge in [-0.1, -0.05) is 11.6 Å². The van der Waals surface area contributed by atoms with Crippen LogP contribution in [0.1, 0.15) is 37.3 Å². The van der Waals surface area contributed by atoms with Crippen molar-refractivity contribution >= 4 is 11.6 Å². The summed E-state index contributed by atoms with van der Waals surface area (Å²) in [5.74, 6) is -0.478. The van der Waals surface area contributed by atoms with Crippen LogP contribution in [-0.4, -0.2) is 21.8 Å². The number of nitrogens with zero attached hydrogens (tertiary/aromatic N) is 3. The van der Waals surface area contributed by atoms with E-state index < -0.39 is 17.7 Å². The third-order valence-electron chi connectivity index (χ3n) is 3.29. The number of benzene rings is 1. The fourth-order valence-corrected chi connectivity index (χ4v) is 2.36. The second kappa shape index (κ2) is 6.49. The number of halogens is 3. The van der Waals surface area contributed by atoms with E-state index in [1.54, 1.807) is 11.7 Å². The van der Waals surface area contributed by atoms with E-state index in [2.05, 4.69) is 15.4 Å². The van der Waals surface area contributed by atoms with Crippen LogP contribution < -0.4 is 5.32 Å². The van der Waals surface area contributed by atoms with E-state index in [1.807, 2.05) is 13.8 Å². The Morgan fingerprint density at radius 1 is 1.29 bits per heavy atom. The lowest BCUT2D eigenvalue weighted by Crippen LogP contribution is -2.23. The van der Waals surface area contributed by atoms with E-state index in [9.17, 15) is 8.78 Å². The Kier molecular flexibility index (Phi) is 4.90. The van der Waals surface area contributed by atoms with Gasteiger partial charge in [-0.05, 0) is 33.0 Å². The normalized spacial score (nSPS) is 12.9. The Labute approximate surface area is 127 Å². The quantitative estimate of drug-likeness (QED) is 0.861. The lowest BCUT2D eigenvalue weighted by molar-refractivity contribution is 0.466. The molecule has 4 nitrogen and oxygen atoms in total. The first-order valence-electron chi connectivity index (χ1n) is 6.64. The minimum Gasteiger partial charge on any atom is -0.313 e. The molecule has 0 bridgehead atoms. The lowest BCUT2D eigenvalue weighted by atomic mass is 10.0. The first-order valence-corrected chi connectivity index (χ1v) is 7.02. The molecule has 0 saturated carbocycles. The number of nitrogens with one attached hydrogen (secondary N) is 1. The third-order valence-corrected chi connectivity index (χ3v) is 3.58. The lowest BCUT2D eigenvalue weighted by Gasteiger charge is -2.18. The largest absolute Gasteiger partial charge is 0.313 e. The fourth-order valence-electron chi connectivity index (χ4n) is 2.21. The smallest absolute Gasteiger partial charge is 0.142 e. The maximum atomic E-state index is 14.0. The maximum absolute atomic E-state index is 14.0. The van der Waals surface area contributed by atoms with Crippen LogP contribution in [0.15, 0.2) is 18.5 Å². The van der Waals surface area contributed by atoms with Crippen molar-refractivity contribution in [3.05, 3.63) is 46.5 Å². The van der Waals surface area contributed by atoms with Crippen LogP contribution >= 0.6 is 11.6 Å². The van der Waals surface area contributed by atoms with Crippen molar-refractivity contribution in [3.63, 3.8) is 0 Å². The van der Waals surface area contributed by atoms with Crippen LogP contribution in [0.25, 0.3) is 0 Å². The summed E-state index contributed by atoms with van der Waals surface area (Å²) in [5, 5.41) is 6.89. The number of hydrogen-bond donors (Lipinski definition) is 1. The van der Waals surface area contributed by atoms with E-state index in [0.29, 0.717) is 12.2 Å². The zero-order chi connectivity index (χ0) is 15.6. The van der Waals surface area contributed by atoms with Gasteiger partial charge in [-0.3, -0.25) is 0 Å². The number of hydrogen-bond acceptors (Lipinski definition) is 3. The standard InChI is InChI=1S/C14H17ClF2N4/c1-8(2)21-14(19-7-20-21)6-13(18-3)9-4-12(17)10(15)5-11(9)16/h4-5,7-8,13,18H,6H2,1-3H3. The molecule has 1 heterocycles. The Bertz CT molecular complexity index is 627. The summed E-state index contributed by atoms with van der Waals surface area (Å²) < 4.78 is 29.4. The molecule has 21 heavy (non-hydrogen) atoms. The fraction of sp³-hybridized carbons (Fsp3) is 0.429. The van der Waals surface area contributed by atoms with Gasteiger partial charge in [0.25, 0.3) is 0 Å². The summed E-state index contributed by atoms with van der Waals surface area (Å²) >= 11 is 5.58. The van der Waals surface area contributed by atoms with Gasteiger partial charge in [0.1, 0.15) is 23.8 Å². The molecule has 0 saturated heterocycles. The topological polar surface area (TPSA) is 42.7 Å². The molecule has 114 valence electrons. The van der Waals surface area contributed by atoms with Gasteiger partial charge < -0.3 is 5.32 Å². The van der Waals surface area contributed by atoms with Crippen molar-refractivity contribution in [1.82, 2.24) is 20.1 Å². The molecular formula is C14H17ClF2N4. The molecule has 2 aromatic rings. The molecule has 0 radical (unpaired) electrons. The van der Waals surface area contributed by atoms with E-state index in [4.69, 9.17) is 11.6 Å². The highest BCUT2D eigenvalue weighted by molar-refractivity contribution is 6.30. The van der Waals surface area contributed by atoms with E-state index >= 15 is 0 Å². The summed E-state index contributed by atoms with van der Waals surface area (Å²) in [6.07, 6.45) is 1.85. The summed E-state index contributed by atoms with van der Waals surface area (Å²) in [6.45, 7) is 3.96. The molecule has 1 unspecified atom stereocenters. The highest BCUT2D eigenvalue weighted by atomic mass is 35.5. The Morgan fingerprint density at radius 2 is 2.00 bits per heavy atom. The van der Waals surface area contributed by atoms with Crippen molar-refractivity contribution in [3.8, 4) is 0 Å². The molecule has 2 rings (SSSR count). The predicted octanol–water partition coefficient (Wildman–Crippen LogP) is 3.29. The Hall–Kier alpha value is -1.53. The molecular weight excluding hydrogens is 298 g/mol. The van der Waals surface area contributed by atoms with Gasteiger partial charge in [-0.15, -0.1) is 0 Å². The van der Waals surface area contributed by atoms with Gasteiger partial charge in [0.05, 0.1) is 5.02 Å². The molecule has 0 aliphatic heterocycles. The van der Waals surface area contributed by atoms with Crippen LogP contribution in [0.5, 0.6) is 0 Å². The predicted molar refractivity (Wildman–Crippen MR) is 77.3 cm³/mol. The summed E-state index contributed by atoms with van der Waals surface area (Å²) in [4.78, 5) is 4.19. The summed E-state index contributed by atoms with van der Waals surface area (Å²) in [5.41, 5.74) is 0.220. The average Bonchev–Trinajstić information content (AvgIpc) is 2.89. The number of likely N-dealkylation sites (N-methyl/N-ethyl adjacent to an activating group) is 1. The molecule has 1 aromatic carbocycles. The first kappa shape index (κ1) is 15.9. The SMILES string of the molecule is CNC(Cc1ncnn1C(C)C)c1cc(F)c(Cl)cc1F. The van der Waals surface area contributed by atoms with Crippen molar-refractivity contribution in [2.45, 2.75) is 32.4 Å². The average molecular weight is 315 g/mol. The molecule has 0 aliphatic carbocycles. The monoisotopic (exact) mass is 314 g/mol. The summed E-state index contributed by atoms with van der Waals surface area (Å²) in [6, 6.07) is 1.84. The van der Waals surface area contributed by atoms with Gasteiger partial charge in [0, 0.05) is 24.1 Å². The Balaban J connectivity index is 2.32. The molecule has 0 fully saturated rings. The second-order valence-electron chi connectivity index (χ2n) is 5.05. The van der Waals surface area contributed by atoms with Gasteiger partial charge in [-0.2, -0.15) is 5.10 Å². The van der Waals surface area contributed by atoms with Crippen molar-refractivity contribution in [2.24, 2.45) is 0 Å². The molecule has 1 aromatic heterocycles. The first-order chi connectivity index (χ1) is 9.93. The zero-order valence-corrected chi connectivity index (χ0v) is 12.8. The number of aromatic nitrogens is 3. The van der Waals surface area contributed by atoms with Gasteiger partial charge in [-0.25, -0.2) is 18.4 Å². The molecule has 0 amide bonds. The van der Waals surface area contributed by atoms with Crippen LogP contribution in [0, 0.1) is 11.6 Å². The minimum atomic E-state index is -0.640. The highest BCUT2D eigenvalue weighted by Gasteiger charge is 2.20. The molecule has 0 spiro atoms. The highest BCUT2D eigenvalue weighted by Crippen LogP contribution is 2.26. The van der Waals surface area contributed by atoms with E-state index in [1.165, 1.54) is 6.33 Å². The van der Waals surface area contributed by atoms with Crippen molar-refractivity contribution in [2.75, 3.05) is 7.05 Å². The van der Waals surface area contributed by atoms with E-state index in [0.717, 1.165) is 12.1 Å². The van der Waals surface area contributed by atoms with Crippen molar-refractivity contribution < 1.29 is 8.78 Å². The molecule has 7 heteroatoms. The van der Waals surface area contributed by atoms with Crippen LogP contribution in [0.3, 0.4) is 0 Å². The summed E-state index contributed by atoms with van der Waals surface area (Å²) in [7, 11) is 1.69. The Morgan fingerprint density at radius 3 is 2.62 bits per heavy atom. The van der Waals surface area contributed by atoms with Gasteiger partial charge in [0.15, 0.2) is 0 Å². The maximum Gasteiger partial charge on any atom is 0.142 e. The van der Waals surface area contributed by atoms with Crippen LogP contribution in [0.2, 0.25) is 5.02 Å². The van der Waals surface area contributed by atoms with Gasteiger partial charge in [0.2, 0.25) is 0 Å². The second-order valence-corrected chi connectivity index (χ2v) is 5.45. The molecule has 1 atom stereocenters. The van der Waals surface area contributed by atoms with Crippen LogP contribution in [-0.2, 0) is 6.42 Å². The molecule has 0 aliphatic rings. The number of rotatable bonds is 5.